The van der Waals surface area contributed by atoms with Crippen LogP contribution >= 0.6 is 0 Å². The Morgan fingerprint density at radius 2 is 1.02 bits per heavy atom. The molecule has 228 valence electrons. The van der Waals surface area contributed by atoms with Crippen LogP contribution in [0.4, 0.5) is 11.6 Å². The summed E-state index contributed by atoms with van der Waals surface area (Å²) in [6.07, 6.45) is 7.13. The smallest absolute Gasteiger partial charge is 0.158 e. The van der Waals surface area contributed by atoms with Crippen LogP contribution < -0.4 is 9.80 Å². The molecule has 0 aromatic carbocycles. The third-order valence-corrected chi connectivity index (χ3v) is 8.18. The van der Waals surface area contributed by atoms with E-state index in [9.17, 15) is 0 Å². The predicted octanol–water partition coefficient (Wildman–Crippen LogP) is 2.71. The normalized spacial score (nSPS) is 19.0. The molecule has 8 heterocycles. The molecule has 14 heteroatoms. The minimum Gasteiger partial charge on any atom is -0.377 e. The van der Waals surface area contributed by atoms with Gasteiger partial charge < -0.3 is 19.3 Å². The Morgan fingerprint density at radius 3 is 1.41 bits per heavy atom. The van der Waals surface area contributed by atoms with Crippen LogP contribution in [0, 0.1) is 0 Å². The fraction of sp³-hybridized carbons (Fsp3) is 0.400. The van der Waals surface area contributed by atoms with E-state index < -0.39 is 0 Å². The highest BCUT2D eigenvalue weighted by atomic mass is 16.5. The van der Waals surface area contributed by atoms with E-state index in [1.54, 1.807) is 24.8 Å². The molecule has 0 aliphatic carbocycles. The molecule has 14 nitrogen and oxygen atoms in total. The van der Waals surface area contributed by atoms with Gasteiger partial charge in [-0.1, -0.05) is 0 Å². The average molecular weight is 597 g/mol. The van der Waals surface area contributed by atoms with Crippen molar-refractivity contribution in [1.29, 1.82) is 0 Å². The van der Waals surface area contributed by atoms with Crippen LogP contribution in [0.3, 0.4) is 0 Å². The third kappa shape index (κ3) is 5.15. The van der Waals surface area contributed by atoms with Crippen LogP contribution in [-0.2, 0) is 23.6 Å². The fourth-order valence-electron chi connectivity index (χ4n) is 5.84. The highest BCUT2D eigenvalue weighted by molar-refractivity contribution is 5.66. The molecule has 2 aliphatic rings. The molecule has 0 unspecified atom stereocenters. The number of ether oxygens (including phenoxy) is 2. The van der Waals surface area contributed by atoms with Crippen molar-refractivity contribution in [3.05, 3.63) is 61.2 Å². The molecule has 0 N–H and O–H groups in total. The zero-order valence-corrected chi connectivity index (χ0v) is 25.4. The summed E-state index contributed by atoms with van der Waals surface area (Å²) in [7, 11) is 3.87. The second-order valence-electron chi connectivity index (χ2n) is 11.1. The number of morpholine rings is 2. The molecule has 44 heavy (non-hydrogen) atoms. The highest BCUT2D eigenvalue weighted by Crippen LogP contribution is 2.27. The maximum atomic E-state index is 5.53. The van der Waals surface area contributed by atoms with Crippen LogP contribution in [0.1, 0.15) is 13.8 Å². The van der Waals surface area contributed by atoms with Gasteiger partial charge >= 0.3 is 0 Å². The van der Waals surface area contributed by atoms with E-state index in [2.05, 4.69) is 56.2 Å². The molecule has 2 aliphatic heterocycles. The van der Waals surface area contributed by atoms with Crippen LogP contribution in [0.2, 0.25) is 0 Å². The summed E-state index contributed by atoms with van der Waals surface area (Å²) in [5.41, 5.74) is 5.68. The summed E-state index contributed by atoms with van der Waals surface area (Å²) in [5, 5.41) is 17.3. The number of fused-ring (bicyclic) bond motifs is 2. The first kappa shape index (κ1) is 28.0. The summed E-state index contributed by atoms with van der Waals surface area (Å²) < 4.78 is 18.5. The number of aromatic nitrogens is 10. The van der Waals surface area contributed by atoms with Crippen molar-refractivity contribution in [3.8, 4) is 22.8 Å². The number of hydrogen-bond donors (Lipinski definition) is 0. The lowest BCUT2D eigenvalue weighted by Gasteiger charge is -2.34. The zero-order chi connectivity index (χ0) is 30.2. The number of hydrogen-bond acceptors (Lipinski definition) is 10. The number of aryl methyl sites for hydroxylation is 2. The van der Waals surface area contributed by atoms with Crippen molar-refractivity contribution in [2.24, 2.45) is 14.1 Å². The van der Waals surface area contributed by atoms with Gasteiger partial charge in [0.1, 0.15) is 11.6 Å². The minimum absolute atomic E-state index is 0.311. The topological polar surface area (TPSA) is 121 Å². The molecular formula is C30H36N12O2. The maximum absolute atomic E-state index is 5.53. The van der Waals surface area contributed by atoms with E-state index in [-0.39, 0.29) is 0 Å². The molecule has 0 bridgehead atoms. The van der Waals surface area contributed by atoms with Gasteiger partial charge in [0.25, 0.3) is 0 Å². The Labute approximate surface area is 254 Å². The molecule has 0 radical (unpaired) electrons. The largest absolute Gasteiger partial charge is 0.377 e. The summed E-state index contributed by atoms with van der Waals surface area (Å²) in [6.45, 7) is 8.94. The lowest BCUT2D eigenvalue weighted by atomic mass is 10.2. The Balaban J connectivity index is 0.000000142. The summed E-state index contributed by atoms with van der Waals surface area (Å²) in [6, 6.07) is 12.6. The fourth-order valence-corrected chi connectivity index (χ4v) is 5.84. The van der Waals surface area contributed by atoms with E-state index >= 15 is 0 Å². The molecular weight excluding hydrogens is 560 g/mol. The molecule has 0 spiro atoms. The van der Waals surface area contributed by atoms with Crippen LogP contribution in [-0.4, -0.2) is 100 Å². The Hall–Kier alpha value is -4.82. The first-order valence-electron chi connectivity index (χ1n) is 14.8. The molecule has 2 fully saturated rings. The standard InChI is InChI=1S/2C15H18N6O/c2*1-11-10-22-8-7-20(11)15-9-13(12-3-5-16-19(12)2)21-14(18-15)4-6-17-21/h2*3-6,9,11H,7-8,10H2,1-2H3/t2*11-/m11/s1. The lowest BCUT2D eigenvalue weighted by Crippen LogP contribution is -2.44. The minimum atomic E-state index is 0.311. The second kappa shape index (κ2) is 11.7. The molecule has 6 aromatic heterocycles. The molecule has 0 amide bonds. The van der Waals surface area contributed by atoms with Gasteiger partial charge in [0, 0.05) is 63.8 Å². The van der Waals surface area contributed by atoms with Gasteiger partial charge in [0.2, 0.25) is 0 Å². The Bertz CT molecular complexity index is 1750. The first-order chi connectivity index (χ1) is 21.5. The van der Waals surface area contributed by atoms with Crippen molar-refractivity contribution in [1.82, 2.24) is 48.8 Å². The van der Waals surface area contributed by atoms with Crippen molar-refractivity contribution in [2.45, 2.75) is 25.9 Å². The second-order valence-corrected chi connectivity index (χ2v) is 11.1. The molecule has 2 saturated heterocycles. The van der Waals surface area contributed by atoms with Gasteiger partial charge in [0.05, 0.1) is 73.7 Å². The van der Waals surface area contributed by atoms with Crippen molar-refractivity contribution >= 4 is 22.9 Å². The number of rotatable bonds is 4. The van der Waals surface area contributed by atoms with E-state index in [4.69, 9.17) is 19.4 Å². The Morgan fingerprint density at radius 1 is 0.591 bits per heavy atom. The number of nitrogens with zero attached hydrogens (tertiary/aromatic N) is 12. The van der Waals surface area contributed by atoms with Gasteiger partial charge in [-0.3, -0.25) is 9.36 Å². The van der Waals surface area contributed by atoms with E-state index in [0.29, 0.717) is 12.1 Å². The SMILES string of the molecule is C[C@@H]1COCCN1c1cc(-c2ccnn2C)n2nccc2n1.C[C@@H]1COCCN1c1cc(-c2ccnn2C)n2nccc2n1. The molecule has 2 atom stereocenters. The van der Waals surface area contributed by atoms with E-state index in [1.165, 1.54) is 0 Å². The monoisotopic (exact) mass is 596 g/mol. The van der Waals surface area contributed by atoms with Crippen molar-refractivity contribution in [2.75, 3.05) is 49.3 Å². The van der Waals surface area contributed by atoms with Crippen LogP contribution in [0.15, 0.2) is 61.2 Å². The highest BCUT2D eigenvalue weighted by Gasteiger charge is 2.24. The Kier molecular flexibility index (Phi) is 7.44. The van der Waals surface area contributed by atoms with Crippen molar-refractivity contribution in [3.63, 3.8) is 0 Å². The third-order valence-electron chi connectivity index (χ3n) is 8.18. The average Bonchev–Trinajstić information content (AvgIpc) is 3.85. The van der Waals surface area contributed by atoms with E-state index in [1.807, 2.05) is 56.8 Å². The van der Waals surface area contributed by atoms with Crippen LogP contribution in [0.5, 0.6) is 0 Å². The van der Waals surface area contributed by atoms with Gasteiger partial charge in [-0.25, -0.2) is 19.0 Å². The lowest BCUT2D eigenvalue weighted by molar-refractivity contribution is 0.0985. The van der Waals surface area contributed by atoms with Crippen molar-refractivity contribution < 1.29 is 9.47 Å². The summed E-state index contributed by atoms with van der Waals surface area (Å²) >= 11 is 0. The molecule has 8 rings (SSSR count). The van der Waals surface area contributed by atoms with Crippen LogP contribution in [0.25, 0.3) is 34.1 Å². The van der Waals surface area contributed by atoms with Gasteiger partial charge in [0.15, 0.2) is 11.3 Å². The predicted molar refractivity (Wildman–Crippen MR) is 166 cm³/mol. The summed E-state index contributed by atoms with van der Waals surface area (Å²) in [4.78, 5) is 14.1. The van der Waals surface area contributed by atoms with E-state index in [0.717, 1.165) is 85.2 Å². The molecule has 6 aromatic rings. The zero-order valence-electron chi connectivity index (χ0n) is 25.4. The summed E-state index contributed by atoms with van der Waals surface area (Å²) in [5.74, 6) is 1.92. The van der Waals surface area contributed by atoms with Gasteiger partial charge in [-0.15, -0.1) is 0 Å². The van der Waals surface area contributed by atoms with Gasteiger partial charge in [-0.05, 0) is 26.0 Å². The van der Waals surface area contributed by atoms with Gasteiger partial charge in [-0.2, -0.15) is 20.4 Å². The maximum Gasteiger partial charge on any atom is 0.158 e. The molecule has 0 saturated carbocycles. The first-order valence-corrected chi connectivity index (χ1v) is 14.8. The quantitative estimate of drug-likeness (QED) is 0.300. The number of anilines is 2.